The third kappa shape index (κ3) is 2.60. The lowest BCUT2D eigenvalue weighted by atomic mass is 10.1. The molecular weight excluding hydrogens is 262 g/mol. The predicted molar refractivity (Wildman–Crippen MR) is 83.5 cm³/mol. The van der Waals surface area contributed by atoms with E-state index in [9.17, 15) is 5.11 Å². The van der Waals surface area contributed by atoms with Gasteiger partial charge >= 0.3 is 0 Å². The van der Waals surface area contributed by atoms with Gasteiger partial charge < -0.3 is 5.11 Å². The smallest absolute Gasteiger partial charge is 0.141 e. The Bertz CT molecular complexity index is 841. The number of phenols is 1. The van der Waals surface area contributed by atoms with Crippen molar-refractivity contribution in [1.29, 1.82) is 0 Å². The highest BCUT2D eigenvalue weighted by atomic mass is 16.3. The van der Waals surface area contributed by atoms with E-state index < -0.39 is 0 Å². The number of aromatic nitrogens is 1. The fourth-order valence-electron chi connectivity index (χ4n) is 2.13. The Kier molecular flexibility index (Phi) is 3.36. The Hall–Kier alpha value is -2.75. The number of pyridine rings is 1. The molecule has 0 saturated heterocycles. The molecule has 0 spiro atoms. The van der Waals surface area contributed by atoms with Gasteiger partial charge in [-0.1, -0.05) is 6.07 Å². The molecule has 1 aromatic heterocycles. The van der Waals surface area contributed by atoms with Crippen molar-refractivity contribution in [1.82, 2.24) is 4.98 Å². The summed E-state index contributed by atoms with van der Waals surface area (Å²) in [4.78, 5) is 4.17. The zero-order valence-corrected chi connectivity index (χ0v) is 11.9. The zero-order valence-electron chi connectivity index (χ0n) is 11.9. The van der Waals surface area contributed by atoms with E-state index in [2.05, 4.69) is 22.1 Å². The summed E-state index contributed by atoms with van der Waals surface area (Å²) in [5.74, 6) is 0.149. The number of azo groups is 1. The van der Waals surface area contributed by atoms with E-state index in [1.54, 1.807) is 18.3 Å². The van der Waals surface area contributed by atoms with Gasteiger partial charge in [0.15, 0.2) is 0 Å². The van der Waals surface area contributed by atoms with E-state index in [0.717, 1.165) is 11.1 Å². The molecule has 0 aliphatic rings. The van der Waals surface area contributed by atoms with Gasteiger partial charge in [0.2, 0.25) is 0 Å². The van der Waals surface area contributed by atoms with Crippen molar-refractivity contribution < 1.29 is 5.11 Å². The molecule has 0 amide bonds. The number of aromatic hydroxyl groups is 1. The average Bonchev–Trinajstić information content (AvgIpc) is 2.50. The molecule has 104 valence electrons. The number of hydrogen-bond donors (Lipinski definition) is 1. The van der Waals surface area contributed by atoms with Gasteiger partial charge in [0, 0.05) is 11.6 Å². The van der Waals surface area contributed by atoms with Crippen molar-refractivity contribution in [3.05, 3.63) is 59.8 Å². The standard InChI is InChI=1S/C17H15N3O/c1-11-5-6-13(10-12(11)2)19-20-15-7-8-16(21)17-14(15)4-3-9-18-17/h3-10,21H,1-2H3. The highest BCUT2D eigenvalue weighted by Gasteiger charge is 2.05. The minimum absolute atomic E-state index is 0.149. The first-order chi connectivity index (χ1) is 10.1. The van der Waals surface area contributed by atoms with Crippen LogP contribution in [0.1, 0.15) is 11.1 Å². The minimum atomic E-state index is 0.149. The number of phenolic OH excluding ortho intramolecular Hbond substituents is 1. The largest absolute Gasteiger partial charge is 0.506 e. The molecule has 4 nitrogen and oxygen atoms in total. The van der Waals surface area contributed by atoms with Crippen molar-refractivity contribution >= 4 is 22.3 Å². The summed E-state index contributed by atoms with van der Waals surface area (Å²) in [6, 6.07) is 13.0. The molecular formula is C17H15N3O. The maximum absolute atomic E-state index is 9.81. The summed E-state index contributed by atoms with van der Waals surface area (Å²) in [7, 11) is 0. The van der Waals surface area contributed by atoms with Crippen molar-refractivity contribution in [2.75, 3.05) is 0 Å². The van der Waals surface area contributed by atoms with Crippen LogP contribution in [0.2, 0.25) is 0 Å². The molecule has 0 aliphatic heterocycles. The van der Waals surface area contributed by atoms with Crippen LogP contribution in [0.25, 0.3) is 10.9 Å². The first kappa shape index (κ1) is 13.2. The van der Waals surface area contributed by atoms with Gasteiger partial charge in [0.1, 0.15) is 11.3 Å². The van der Waals surface area contributed by atoms with E-state index in [0.29, 0.717) is 11.2 Å². The number of fused-ring (bicyclic) bond motifs is 1. The number of aryl methyl sites for hydroxylation is 2. The fourth-order valence-corrected chi connectivity index (χ4v) is 2.13. The van der Waals surface area contributed by atoms with Crippen LogP contribution < -0.4 is 0 Å². The van der Waals surface area contributed by atoms with Crippen LogP contribution >= 0.6 is 0 Å². The maximum Gasteiger partial charge on any atom is 0.141 e. The third-order valence-corrected chi connectivity index (χ3v) is 3.49. The molecule has 0 unspecified atom stereocenters. The fraction of sp³-hybridized carbons (Fsp3) is 0.118. The first-order valence-corrected chi connectivity index (χ1v) is 6.71. The van der Waals surface area contributed by atoms with Crippen molar-refractivity contribution in [3.8, 4) is 5.75 Å². The van der Waals surface area contributed by atoms with Gasteiger partial charge in [0.25, 0.3) is 0 Å². The zero-order chi connectivity index (χ0) is 14.8. The van der Waals surface area contributed by atoms with Crippen molar-refractivity contribution in [3.63, 3.8) is 0 Å². The van der Waals surface area contributed by atoms with Crippen LogP contribution in [-0.4, -0.2) is 10.1 Å². The molecule has 0 aliphatic carbocycles. The summed E-state index contributed by atoms with van der Waals surface area (Å²) >= 11 is 0. The topological polar surface area (TPSA) is 57.8 Å². The van der Waals surface area contributed by atoms with Crippen LogP contribution in [-0.2, 0) is 0 Å². The summed E-state index contributed by atoms with van der Waals surface area (Å²) in [6.45, 7) is 4.11. The second kappa shape index (κ2) is 5.32. The molecule has 0 fully saturated rings. The molecule has 3 rings (SSSR count). The van der Waals surface area contributed by atoms with Crippen LogP contribution in [0.5, 0.6) is 5.75 Å². The second-order valence-electron chi connectivity index (χ2n) is 4.97. The Morgan fingerprint density at radius 1 is 0.952 bits per heavy atom. The average molecular weight is 277 g/mol. The van der Waals surface area contributed by atoms with Crippen molar-refractivity contribution in [2.24, 2.45) is 10.2 Å². The van der Waals surface area contributed by atoms with E-state index in [4.69, 9.17) is 0 Å². The Balaban J connectivity index is 2.03. The Labute approximate surface area is 122 Å². The quantitative estimate of drug-likeness (QED) is 0.672. The lowest BCUT2D eigenvalue weighted by Gasteiger charge is -2.03. The second-order valence-corrected chi connectivity index (χ2v) is 4.97. The SMILES string of the molecule is Cc1ccc(N=Nc2ccc(O)c3ncccc23)cc1C. The van der Waals surface area contributed by atoms with E-state index in [1.807, 2.05) is 37.3 Å². The molecule has 4 heteroatoms. The molecule has 21 heavy (non-hydrogen) atoms. The normalized spacial score (nSPS) is 11.3. The van der Waals surface area contributed by atoms with Crippen LogP contribution in [0.15, 0.2) is 58.9 Å². The lowest BCUT2D eigenvalue weighted by molar-refractivity contribution is 0.480. The van der Waals surface area contributed by atoms with Crippen LogP contribution in [0.4, 0.5) is 11.4 Å². The number of rotatable bonds is 2. The van der Waals surface area contributed by atoms with E-state index >= 15 is 0 Å². The van der Waals surface area contributed by atoms with E-state index in [1.165, 1.54) is 11.1 Å². The highest BCUT2D eigenvalue weighted by Crippen LogP contribution is 2.32. The van der Waals surface area contributed by atoms with Gasteiger partial charge in [-0.3, -0.25) is 4.98 Å². The maximum atomic E-state index is 9.81. The molecule has 0 radical (unpaired) electrons. The van der Waals surface area contributed by atoms with Gasteiger partial charge in [0.05, 0.1) is 11.4 Å². The molecule has 0 atom stereocenters. The van der Waals surface area contributed by atoms with E-state index in [-0.39, 0.29) is 5.75 Å². The molecule has 0 bridgehead atoms. The van der Waals surface area contributed by atoms with Gasteiger partial charge in [-0.2, -0.15) is 5.11 Å². The molecule has 3 aromatic rings. The number of hydrogen-bond acceptors (Lipinski definition) is 4. The third-order valence-electron chi connectivity index (χ3n) is 3.49. The van der Waals surface area contributed by atoms with Crippen LogP contribution in [0, 0.1) is 13.8 Å². The summed E-state index contributed by atoms with van der Waals surface area (Å²) in [5.41, 5.74) is 4.45. The predicted octanol–water partition coefficient (Wildman–Crippen LogP) is 4.97. The van der Waals surface area contributed by atoms with Crippen LogP contribution in [0.3, 0.4) is 0 Å². The molecule has 1 N–H and O–H groups in total. The monoisotopic (exact) mass is 277 g/mol. The Morgan fingerprint density at radius 2 is 1.81 bits per heavy atom. The summed E-state index contributed by atoms with van der Waals surface area (Å²) < 4.78 is 0. The number of benzene rings is 2. The lowest BCUT2D eigenvalue weighted by Crippen LogP contribution is -1.79. The van der Waals surface area contributed by atoms with Gasteiger partial charge in [-0.05, 0) is 61.4 Å². The van der Waals surface area contributed by atoms with Crippen molar-refractivity contribution in [2.45, 2.75) is 13.8 Å². The number of nitrogens with zero attached hydrogens (tertiary/aromatic N) is 3. The highest BCUT2D eigenvalue weighted by molar-refractivity contribution is 5.93. The molecule has 1 heterocycles. The van der Waals surface area contributed by atoms with Gasteiger partial charge in [-0.25, -0.2) is 0 Å². The summed E-state index contributed by atoms with van der Waals surface area (Å²) in [6.07, 6.45) is 1.65. The summed E-state index contributed by atoms with van der Waals surface area (Å²) in [5, 5.41) is 19.2. The van der Waals surface area contributed by atoms with Gasteiger partial charge in [-0.15, -0.1) is 5.11 Å². The minimum Gasteiger partial charge on any atom is -0.506 e. The first-order valence-electron chi connectivity index (χ1n) is 6.71. The molecule has 2 aromatic carbocycles. The molecule has 0 saturated carbocycles. The Morgan fingerprint density at radius 3 is 2.62 bits per heavy atom.